The molecule has 1 aliphatic rings. The Balaban J connectivity index is 2.01. The molecule has 0 aliphatic heterocycles. The monoisotopic (exact) mass is 284 g/mol. The fraction of sp³-hybridized carbons (Fsp3) is 0.500. The molecule has 0 atom stereocenters. The van der Waals surface area contributed by atoms with Crippen LogP contribution < -0.4 is 11.1 Å². The van der Waals surface area contributed by atoms with Crippen LogP contribution in [0.5, 0.6) is 0 Å². The Kier molecular flexibility index (Phi) is 5.03. The van der Waals surface area contributed by atoms with Crippen molar-refractivity contribution in [2.24, 2.45) is 11.1 Å². The van der Waals surface area contributed by atoms with E-state index in [1.165, 1.54) is 25.7 Å². The minimum absolute atomic E-state index is 0.00422. The van der Waals surface area contributed by atoms with Crippen molar-refractivity contribution >= 4 is 5.91 Å². The Hall–Kier alpha value is -1.79. The molecule has 1 fully saturated rings. The van der Waals surface area contributed by atoms with Gasteiger partial charge in [0.25, 0.3) is 5.91 Å². The first kappa shape index (κ1) is 15.6. The zero-order chi connectivity index (χ0) is 15.3. The number of hydrogen-bond donors (Lipinski definition) is 2. The Morgan fingerprint density at radius 1 is 1.38 bits per heavy atom. The molecule has 112 valence electrons. The molecule has 3 N–H and O–H groups in total. The van der Waals surface area contributed by atoms with Crippen LogP contribution in [0.3, 0.4) is 0 Å². The Morgan fingerprint density at radius 2 is 2.10 bits per heavy atom. The molecule has 0 radical (unpaired) electrons. The molecule has 3 nitrogen and oxygen atoms in total. The molecule has 1 saturated carbocycles. The van der Waals surface area contributed by atoms with Crippen molar-refractivity contribution in [3.63, 3.8) is 0 Å². The number of rotatable bonds is 3. The summed E-state index contributed by atoms with van der Waals surface area (Å²) >= 11 is 0. The van der Waals surface area contributed by atoms with Gasteiger partial charge in [-0.05, 0) is 48.9 Å². The van der Waals surface area contributed by atoms with Crippen molar-refractivity contribution in [1.29, 1.82) is 0 Å². The van der Waals surface area contributed by atoms with Crippen molar-refractivity contribution < 1.29 is 4.79 Å². The van der Waals surface area contributed by atoms with Crippen molar-refractivity contribution in [3.8, 4) is 11.8 Å². The molecule has 3 heteroatoms. The molecule has 2 rings (SSSR count). The topological polar surface area (TPSA) is 55.1 Å². The van der Waals surface area contributed by atoms with E-state index in [0.29, 0.717) is 12.1 Å². The Bertz CT molecular complexity index is 575. The summed E-state index contributed by atoms with van der Waals surface area (Å²) in [6.07, 6.45) is 4.97. The van der Waals surface area contributed by atoms with E-state index in [-0.39, 0.29) is 11.3 Å². The van der Waals surface area contributed by atoms with Gasteiger partial charge in [-0.25, -0.2) is 0 Å². The molecule has 0 bridgehead atoms. The number of nitrogens with two attached hydrogens (primary N) is 1. The van der Waals surface area contributed by atoms with Crippen LogP contribution in [0.2, 0.25) is 0 Å². The van der Waals surface area contributed by atoms with E-state index in [0.717, 1.165) is 17.7 Å². The quantitative estimate of drug-likeness (QED) is 0.838. The van der Waals surface area contributed by atoms with Crippen molar-refractivity contribution in [1.82, 2.24) is 5.32 Å². The van der Waals surface area contributed by atoms with E-state index < -0.39 is 0 Å². The lowest BCUT2D eigenvalue weighted by molar-refractivity contribution is 0.0934. The van der Waals surface area contributed by atoms with Crippen LogP contribution in [0.15, 0.2) is 18.2 Å². The van der Waals surface area contributed by atoms with Crippen LogP contribution in [-0.4, -0.2) is 19.0 Å². The maximum Gasteiger partial charge on any atom is 0.251 e. The average Bonchev–Trinajstić information content (AvgIpc) is 2.91. The van der Waals surface area contributed by atoms with E-state index in [1.807, 2.05) is 25.1 Å². The molecule has 1 amide bonds. The number of amides is 1. The van der Waals surface area contributed by atoms with Gasteiger partial charge in [-0.3, -0.25) is 4.79 Å². The minimum atomic E-state index is 0.00422. The molecule has 0 saturated heterocycles. The second-order valence-corrected chi connectivity index (χ2v) is 6.24. The predicted octanol–water partition coefficient (Wildman–Crippen LogP) is 2.62. The predicted molar refractivity (Wildman–Crippen MR) is 86.0 cm³/mol. The lowest BCUT2D eigenvalue weighted by Crippen LogP contribution is -2.34. The van der Waals surface area contributed by atoms with E-state index in [9.17, 15) is 4.79 Å². The van der Waals surface area contributed by atoms with Gasteiger partial charge in [-0.15, -0.1) is 0 Å². The maximum absolute atomic E-state index is 12.3. The molecule has 0 aromatic heterocycles. The standard InChI is InChI=1S/C18H24N2O/c1-14-12-16(8-7-15(14)6-5-11-19)17(21)20-13-18(2)9-3-4-10-18/h7-8,12H,3-4,9-11,13,19H2,1-2H3,(H,20,21). The van der Waals surface area contributed by atoms with Crippen molar-refractivity contribution in [2.45, 2.75) is 39.5 Å². The van der Waals surface area contributed by atoms with E-state index in [2.05, 4.69) is 24.1 Å². The highest BCUT2D eigenvalue weighted by Crippen LogP contribution is 2.36. The fourth-order valence-corrected chi connectivity index (χ4v) is 2.89. The molecule has 21 heavy (non-hydrogen) atoms. The zero-order valence-electron chi connectivity index (χ0n) is 13.0. The summed E-state index contributed by atoms with van der Waals surface area (Å²) in [5, 5.41) is 3.08. The third-order valence-corrected chi connectivity index (χ3v) is 4.30. The summed E-state index contributed by atoms with van der Waals surface area (Å²) < 4.78 is 0. The molecule has 0 spiro atoms. The zero-order valence-corrected chi connectivity index (χ0v) is 13.0. The first-order valence-electron chi connectivity index (χ1n) is 7.62. The van der Waals surface area contributed by atoms with E-state index >= 15 is 0 Å². The van der Waals surface area contributed by atoms with Gasteiger partial charge >= 0.3 is 0 Å². The van der Waals surface area contributed by atoms with E-state index in [4.69, 9.17) is 5.73 Å². The highest BCUT2D eigenvalue weighted by Gasteiger charge is 2.28. The SMILES string of the molecule is Cc1cc(C(=O)NCC2(C)CCCC2)ccc1C#CCN. The Labute approximate surface area is 127 Å². The number of nitrogens with one attached hydrogen (secondary N) is 1. The lowest BCUT2D eigenvalue weighted by Gasteiger charge is -2.23. The first-order valence-corrected chi connectivity index (χ1v) is 7.62. The summed E-state index contributed by atoms with van der Waals surface area (Å²) in [4.78, 5) is 12.3. The third kappa shape index (κ3) is 4.09. The van der Waals surface area contributed by atoms with Crippen molar-refractivity contribution in [2.75, 3.05) is 13.1 Å². The minimum Gasteiger partial charge on any atom is -0.351 e. The third-order valence-electron chi connectivity index (χ3n) is 4.30. The summed E-state index contributed by atoms with van der Waals surface area (Å²) in [5.74, 6) is 5.86. The summed E-state index contributed by atoms with van der Waals surface area (Å²) in [5.41, 5.74) is 8.30. The molecular weight excluding hydrogens is 260 g/mol. The number of carbonyl (C=O) groups is 1. The highest BCUT2D eigenvalue weighted by molar-refractivity contribution is 5.94. The van der Waals surface area contributed by atoms with Gasteiger partial charge in [0.2, 0.25) is 0 Å². The van der Waals surface area contributed by atoms with Gasteiger partial charge in [0.1, 0.15) is 0 Å². The average molecular weight is 284 g/mol. The smallest absolute Gasteiger partial charge is 0.251 e. The van der Waals surface area contributed by atoms with Crippen LogP contribution in [-0.2, 0) is 0 Å². The van der Waals surface area contributed by atoms with Crippen LogP contribution in [0.4, 0.5) is 0 Å². The van der Waals surface area contributed by atoms with Crippen molar-refractivity contribution in [3.05, 3.63) is 34.9 Å². The lowest BCUT2D eigenvalue weighted by atomic mass is 9.89. The maximum atomic E-state index is 12.3. The van der Waals surface area contributed by atoms with Gasteiger partial charge in [0.15, 0.2) is 0 Å². The molecule has 0 unspecified atom stereocenters. The second-order valence-electron chi connectivity index (χ2n) is 6.24. The summed E-state index contributed by atoms with van der Waals surface area (Å²) in [6, 6.07) is 5.62. The summed E-state index contributed by atoms with van der Waals surface area (Å²) in [7, 11) is 0. The van der Waals surface area contributed by atoms with Gasteiger partial charge in [-0.1, -0.05) is 31.6 Å². The second kappa shape index (κ2) is 6.78. The number of hydrogen-bond acceptors (Lipinski definition) is 2. The number of aryl methyl sites for hydroxylation is 1. The van der Waals surface area contributed by atoms with Crippen LogP contribution in [0, 0.1) is 24.2 Å². The van der Waals surface area contributed by atoms with Crippen LogP contribution >= 0.6 is 0 Å². The molecular formula is C18H24N2O. The van der Waals surface area contributed by atoms with Gasteiger partial charge in [0, 0.05) is 17.7 Å². The van der Waals surface area contributed by atoms with Crippen LogP contribution in [0.25, 0.3) is 0 Å². The van der Waals surface area contributed by atoms with Crippen LogP contribution in [0.1, 0.15) is 54.1 Å². The van der Waals surface area contributed by atoms with Gasteiger partial charge in [0.05, 0.1) is 6.54 Å². The molecule has 0 heterocycles. The molecule has 1 aromatic carbocycles. The first-order chi connectivity index (χ1) is 10.0. The largest absolute Gasteiger partial charge is 0.351 e. The van der Waals surface area contributed by atoms with E-state index in [1.54, 1.807) is 0 Å². The number of carbonyl (C=O) groups excluding carboxylic acids is 1. The molecule has 1 aliphatic carbocycles. The highest BCUT2D eigenvalue weighted by atomic mass is 16.1. The van der Waals surface area contributed by atoms with Gasteiger partial charge in [-0.2, -0.15) is 0 Å². The fourth-order valence-electron chi connectivity index (χ4n) is 2.89. The summed E-state index contributed by atoms with van der Waals surface area (Å²) in [6.45, 7) is 5.34. The van der Waals surface area contributed by atoms with Gasteiger partial charge < -0.3 is 11.1 Å². The Morgan fingerprint density at radius 3 is 2.71 bits per heavy atom. The molecule has 1 aromatic rings. The number of benzene rings is 1. The normalized spacial score (nSPS) is 16.1.